The first-order valence-electron chi connectivity index (χ1n) is 11.2. The van der Waals surface area contributed by atoms with E-state index in [9.17, 15) is 14.4 Å². The van der Waals surface area contributed by atoms with Crippen molar-refractivity contribution in [3.63, 3.8) is 0 Å². The summed E-state index contributed by atoms with van der Waals surface area (Å²) in [7, 11) is 1.69. The number of carbonyl (C=O) groups is 3. The minimum atomic E-state index is -0.802. The molecule has 0 aromatic heterocycles. The van der Waals surface area contributed by atoms with Crippen LogP contribution in [0.25, 0.3) is 0 Å². The van der Waals surface area contributed by atoms with Crippen molar-refractivity contribution in [3.8, 4) is 0 Å². The van der Waals surface area contributed by atoms with Gasteiger partial charge in [-0.05, 0) is 64.1 Å². The molecule has 3 aliphatic rings. The van der Waals surface area contributed by atoms with E-state index in [2.05, 4.69) is 28.1 Å². The maximum Gasteiger partial charge on any atom is 0.250 e. The van der Waals surface area contributed by atoms with Crippen LogP contribution in [0.1, 0.15) is 56.7 Å². The molecule has 168 valence electrons. The molecule has 1 aromatic carbocycles. The van der Waals surface area contributed by atoms with Crippen molar-refractivity contribution in [1.29, 1.82) is 0 Å². The molecule has 4 rings (SSSR count). The van der Waals surface area contributed by atoms with Gasteiger partial charge in [-0.15, -0.1) is 0 Å². The van der Waals surface area contributed by atoms with E-state index in [0.29, 0.717) is 12.8 Å². The number of likely N-dealkylation sites (N-methyl/N-ethyl adjacent to an activating group) is 1. The van der Waals surface area contributed by atoms with Crippen molar-refractivity contribution < 1.29 is 19.1 Å². The number of hydrogen-bond acceptors (Lipinski definition) is 5. The summed E-state index contributed by atoms with van der Waals surface area (Å²) >= 11 is 0. The molecule has 2 fully saturated rings. The van der Waals surface area contributed by atoms with Crippen molar-refractivity contribution in [2.75, 3.05) is 7.05 Å². The Hall–Kier alpha value is -2.45. The van der Waals surface area contributed by atoms with Gasteiger partial charge in [0.15, 0.2) is 0 Å². The molecule has 1 aromatic rings. The van der Waals surface area contributed by atoms with Crippen LogP contribution in [0.15, 0.2) is 24.3 Å². The molecule has 3 amide bonds. The third kappa shape index (κ3) is 4.19. The van der Waals surface area contributed by atoms with Crippen LogP contribution in [-0.2, 0) is 25.5 Å². The number of benzene rings is 1. The lowest BCUT2D eigenvalue weighted by Gasteiger charge is -2.41. The van der Waals surface area contributed by atoms with Gasteiger partial charge in [-0.3, -0.25) is 14.4 Å². The summed E-state index contributed by atoms with van der Waals surface area (Å²) in [5.74, 6) is -0.666. The second kappa shape index (κ2) is 8.96. The Kier molecular flexibility index (Phi) is 6.29. The second-order valence-electron chi connectivity index (χ2n) is 8.78. The SMILES string of the molecule is CN[C@@H](C)C(=O)NC1C(=O)N2C(C(=O)N[C@@H]3CCCc4ccccc43)CC[C@@H]2O[C@@H]1C. The van der Waals surface area contributed by atoms with Crippen molar-refractivity contribution in [2.24, 2.45) is 0 Å². The molecule has 8 nitrogen and oxygen atoms in total. The average molecular weight is 429 g/mol. The average Bonchev–Trinajstić information content (AvgIpc) is 3.20. The molecule has 2 unspecified atom stereocenters. The molecule has 8 heteroatoms. The molecule has 2 aliphatic heterocycles. The largest absolute Gasteiger partial charge is 0.353 e. The van der Waals surface area contributed by atoms with Gasteiger partial charge in [0.25, 0.3) is 5.91 Å². The highest BCUT2D eigenvalue weighted by Gasteiger charge is 2.50. The second-order valence-corrected chi connectivity index (χ2v) is 8.78. The topological polar surface area (TPSA) is 99.8 Å². The van der Waals surface area contributed by atoms with Gasteiger partial charge in [0, 0.05) is 0 Å². The predicted octanol–water partition coefficient (Wildman–Crippen LogP) is 1.01. The summed E-state index contributed by atoms with van der Waals surface area (Å²) in [4.78, 5) is 40.4. The third-order valence-corrected chi connectivity index (χ3v) is 6.81. The predicted molar refractivity (Wildman–Crippen MR) is 115 cm³/mol. The summed E-state index contributed by atoms with van der Waals surface area (Å²) in [6, 6.07) is 6.36. The number of amides is 3. The number of rotatable bonds is 5. The van der Waals surface area contributed by atoms with Gasteiger partial charge in [-0.25, -0.2) is 0 Å². The van der Waals surface area contributed by atoms with Crippen molar-refractivity contribution >= 4 is 17.7 Å². The Morgan fingerprint density at radius 3 is 2.71 bits per heavy atom. The number of nitrogens with zero attached hydrogens (tertiary/aromatic N) is 1. The fourth-order valence-electron chi connectivity index (χ4n) is 4.91. The van der Waals surface area contributed by atoms with E-state index in [4.69, 9.17) is 4.74 Å². The van der Waals surface area contributed by atoms with Gasteiger partial charge < -0.3 is 25.6 Å². The quantitative estimate of drug-likeness (QED) is 0.650. The van der Waals surface area contributed by atoms with Gasteiger partial charge in [0.2, 0.25) is 11.8 Å². The minimum Gasteiger partial charge on any atom is -0.353 e. The Morgan fingerprint density at radius 2 is 1.94 bits per heavy atom. The number of fused-ring (bicyclic) bond motifs is 2. The lowest BCUT2D eigenvalue weighted by atomic mass is 9.87. The summed E-state index contributed by atoms with van der Waals surface area (Å²) < 4.78 is 6.02. The molecule has 0 spiro atoms. The number of nitrogens with one attached hydrogen (secondary N) is 3. The molecule has 1 aliphatic carbocycles. The molecule has 6 atom stereocenters. The van der Waals surface area contributed by atoms with Gasteiger partial charge in [0.05, 0.1) is 18.2 Å². The highest BCUT2D eigenvalue weighted by molar-refractivity contribution is 5.94. The number of carbonyl (C=O) groups excluding carboxylic acids is 3. The van der Waals surface area contributed by atoms with Gasteiger partial charge in [-0.1, -0.05) is 24.3 Å². The molecule has 31 heavy (non-hydrogen) atoms. The lowest BCUT2D eigenvalue weighted by molar-refractivity contribution is -0.179. The van der Waals surface area contributed by atoms with E-state index >= 15 is 0 Å². The first-order chi connectivity index (χ1) is 14.9. The molecular formula is C23H32N4O4. The van der Waals surface area contributed by atoms with Crippen LogP contribution in [0, 0.1) is 0 Å². The van der Waals surface area contributed by atoms with Crippen molar-refractivity contribution in [2.45, 2.75) is 82.5 Å². The zero-order valence-corrected chi connectivity index (χ0v) is 18.4. The van der Waals surface area contributed by atoms with Crippen molar-refractivity contribution in [3.05, 3.63) is 35.4 Å². The monoisotopic (exact) mass is 428 g/mol. The fraction of sp³-hybridized carbons (Fsp3) is 0.609. The van der Waals surface area contributed by atoms with Crippen LogP contribution in [0.4, 0.5) is 0 Å². The maximum atomic E-state index is 13.3. The molecule has 0 saturated carbocycles. The van der Waals surface area contributed by atoms with Crippen LogP contribution in [-0.4, -0.2) is 60.1 Å². The van der Waals surface area contributed by atoms with Gasteiger partial charge in [0.1, 0.15) is 18.3 Å². The molecule has 2 saturated heterocycles. The Balaban J connectivity index is 1.47. The smallest absolute Gasteiger partial charge is 0.250 e. The maximum absolute atomic E-state index is 13.3. The van der Waals surface area contributed by atoms with Crippen LogP contribution < -0.4 is 16.0 Å². The normalized spacial score (nSPS) is 30.9. The molecule has 0 bridgehead atoms. The Labute approximate surface area is 183 Å². The van der Waals surface area contributed by atoms with E-state index < -0.39 is 30.5 Å². The summed E-state index contributed by atoms with van der Waals surface area (Å²) in [6.07, 6.45) is 3.23. The van der Waals surface area contributed by atoms with Crippen molar-refractivity contribution in [1.82, 2.24) is 20.9 Å². The zero-order valence-electron chi connectivity index (χ0n) is 18.4. The summed E-state index contributed by atoms with van der Waals surface area (Å²) in [6.45, 7) is 3.52. The van der Waals surface area contributed by atoms with E-state index in [1.165, 1.54) is 5.56 Å². The number of hydrogen-bond donors (Lipinski definition) is 3. The first kappa shape index (κ1) is 21.8. The van der Waals surface area contributed by atoms with E-state index in [-0.39, 0.29) is 23.8 Å². The summed E-state index contributed by atoms with van der Waals surface area (Å²) in [5, 5.41) is 8.83. The van der Waals surface area contributed by atoms with Crippen LogP contribution >= 0.6 is 0 Å². The van der Waals surface area contributed by atoms with Gasteiger partial charge >= 0.3 is 0 Å². The van der Waals surface area contributed by atoms with Crippen LogP contribution in [0.5, 0.6) is 0 Å². The number of aryl methyl sites for hydroxylation is 1. The molecular weight excluding hydrogens is 396 g/mol. The third-order valence-electron chi connectivity index (χ3n) is 6.81. The fourth-order valence-corrected chi connectivity index (χ4v) is 4.91. The van der Waals surface area contributed by atoms with E-state index in [1.54, 1.807) is 25.8 Å². The summed E-state index contributed by atoms with van der Waals surface area (Å²) in [5.41, 5.74) is 2.44. The molecule has 3 N–H and O–H groups in total. The Bertz CT molecular complexity index is 860. The van der Waals surface area contributed by atoms with Crippen LogP contribution in [0.3, 0.4) is 0 Å². The highest BCUT2D eigenvalue weighted by atomic mass is 16.5. The molecule has 2 heterocycles. The number of ether oxygens (including phenoxy) is 1. The van der Waals surface area contributed by atoms with E-state index in [1.807, 2.05) is 12.1 Å². The van der Waals surface area contributed by atoms with Crippen LogP contribution in [0.2, 0.25) is 0 Å². The minimum absolute atomic E-state index is 0.0387. The zero-order chi connectivity index (χ0) is 22.1. The first-order valence-corrected chi connectivity index (χ1v) is 11.2. The molecule has 0 radical (unpaired) electrons. The standard InChI is InChI=1S/C23H32N4O4/c1-13(24-3)21(28)26-20-14(2)31-19-12-11-18(27(19)23(20)30)22(29)25-17-10-6-8-15-7-4-5-9-16(15)17/h4-5,7,9,13-14,17-20,24H,6,8,10-12H2,1-3H3,(H,25,29)(H,26,28)/t13-,14+,17+,18?,19-,20?/m0/s1. The Morgan fingerprint density at radius 1 is 1.16 bits per heavy atom. The van der Waals surface area contributed by atoms with E-state index in [0.717, 1.165) is 24.8 Å². The lowest BCUT2D eigenvalue weighted by Crippen LogP contribution is -2.65. The highest BCUT2D eigenvalue weighted by Crippen LogP contribution is 2.34. The van der Waals surface area contributed by atoms with Gasteiger partial charge in [-0.2, -0.15) is 0 Å².